The van der Waals surface area contributed by atoms with Crippen LogP contribution in [0.15, 0.2) is 36.4 Å². The highest BCUT2D eigenvalue weighted by atomic mass is 35.5. The number of alkyl halides is 5. The van der Waals surface area contributed by atoms with Gasteiger partial charge in [0.25, 0.3) is 18.2 Å². The number of benzene rings is 2. The van der Waals surface area contributed by atoms with Crippen LogP contribution in [-0.2, 0) is 20.9 Å². The van der Waals surface area contributed by atoms with Crippen LogP contribution in [0, 0.1) is 0 Å². The number of carbonyl (C=O) groups excluding carboxylic acids is 3. The predicted octanol–water partition coefficient (Wildman–Crippen LogP) is 4.43. The molecule has 2 unspecified atom stereocenters. The number of nitrogens with two attached hydrogens (primary N) is 1. The van der Waals surface area contributed by atoms with Gasteiger partial charge >= 0.3 is 12.1 Å². The van der Waals surface area contributed by atoms with E-state index >= 15 is 0 Å². The standard InChI is InChI=1S/C28H29Cl2F5N4O5/c29-17-3-1-15(2-4-17)26(41)38-7-5-18(6-8-38)37-21-11-39(12-23(21)44-27(42)28(33,34)35)22-9-16(13-43-14-24(31)32)20(30)10-19(22)25(36)40/h1-4,9-10,18,21,23-24,37H,5-8,11-14H2,(H2,36,40). The van der Waals surface area contributed by atoms with Crippen LogP contribution in [0.1, 0.15) is 39.1 Å². The van der Waals surface area contributed by atoms with Crippen molar-refractivity contribution in [3.63, 3.8) is 0 Å². The second-order valence-corrected chi connectivity index (χ2v) is 11.3. The summed E-state index contributed by atoms with van der Waals surface area (Å²) in [6, 6.07) is 8.04. The minimum absolute atomic E-state index is 0.00102. The van der Waals surface area contributed by atoms with Gasteiger partial charge in [-0.2, -0.15) is 13.2 Å². The van der Waals surface area contributed by atoms with Gasteiger partial charge in [0, 0.05) is 41.3 Å². The number of anilines is 1. The van der Waals surface area contributed by atoms with Crippen LogP contribution in [0.25, 0.3) is 0 Å². The topological polar surface area (TPSA) is 114 Å². The summed E-state index contributed by atoms with van der Waals surface area (Å²) in [5.74, 6) is -3.44. The minimum atomic E-state index is -5.24. The molecular weight excluding hydrogens is 638 g/mol. The number of halogens is 7. The first-order valence-corrected chi connectivity index (χ1v) is 14.3. The molecule has 2 saturated heterocycles. The third kappa shape index (κ3) is 8.49. The van der Waals surface area contributed by atoms with E-state index in [4.69, 9.17) is 38.4 Å². The Morgan fingerprint density at radius 3 is 2.30 bits per heavy atom. The number of ether oxygens (including phenoxy) is 2. The van der Waals surface area contributed by atoms with Crippen molar-refractivity contribution < 1.29 is 45.8 Å². The van der Waals surface area contributed by atoms with Crippen molar-refractivity contribution in [1.82, 2.24) is 10.2 Å². The maximum Gasteiger partial charge on any atom is 0.490 e. The summed E-state index contributed by atoms with van der Waals surface area (Å²) in [5.41, 5.74) is 6.35. The molecule has 4 rings (SSSR count). The highest BCUT2D eigenvalue weighted by molar-refractivity contribution is 6.32. The first-order valence-electron chi connectivity index (χ1n) is 13.5. The number of hydrogen-bond acceptors (Lipinski definition) is 7. The molecule has 240 valence electrons. The molecule has 2 heterocycles. The number of esters is 1. The van der Waals surface area contributed by atoms with Gasteiger partial charge in [-0.25, -0.2) is 13.6 Å². The average Bonchev–Trinajstić information content (AvgIpc) is 3.35. The van der Waals surface area contributed by atoms with E-state index in [1.54, 1.807) is 29.2 Å². The maximum absolute atomic E-state index is 13.1. The van der Waals surface area contributed by atoms with E-state index in [0.29, 0.717) is 36.5 Å². The van der Waals surface area contributed by atoms with Gasteiger partial charge in [-0.3, -0.25) is 9.59 Å². The number of likely N-dealkylation sites (tertiary alicyclic amines) is 1. The van der Waals surface area contributed by atoms with E-state index in [2.05, 4.69) is 5.32 Å². The second-order valence-electron chi connectivity index (χ2n) is 10.4. The van der Waals surface area contributed by atoms with Crippen LogP contribution in [0.5, 0.6) is 0 Å². The molecule has 0 radical (unpaired) electrons. The molecule has 2 amide bonds. The zero-order chi connectivity index (χ0) is 32.2. The summed E-state index contributed by atoms with van der Waals surface area (Å²) < 4.78 is 74.4. The number of hydrogen-bond donors (Lipinski definition) is 2. The lowest BCUT2D eigenvalue weighted by atomic mass is 10.0. The smallest absolute Gasteiger partial charge is 0.452 e. The molecule has 0 saturated carbocycles. The van der Waals surface area contributed by atoms with E-state index in [1.165, 1.54) is 17.0 Å². The fourth-order valence-corrected chi connectivity index (χ4v) is 5.56. The van der Waals surface area contributed by atoms with Crippen molar-refractivity contribution in [2.75, 3.05) is 37.7 Å². The molecule has 2 aromatic carbocycles. The molecule has 2 aliphatic heterocycles. The van der Waals surface area contributed by atoms with E-state index in [0.717, 1.165) is 0 Å². The van der Waals surface area contributed by atoms with Gasteiger partial charge in [0.1, 0.15) is 12.7 Å². The van der Waals surface area contributed by atoms with Crippen LogP contribution in [-0.4, -0.2) is 86.3 Å². The monoisotopic (exact) mass is 666 g/mol. The Balaban J connectivity index is 1.50. The Morgan fingerprint density at radius 2 is 1.70 bits per heavy atom. The SMILES string of the molecule is NC(=O)c1cc(Cl)c(COCC(F)F)cc1N1CC(NC2CCN(C(=O)c3ccc(Cl)cc3)CC2)C(OC(=O)C(F)(F)F)C1. The van der Waals surface area contributed by atoms with Crippen molar-refractivity contribution in [3.8, 4) is 0 Å². The van der Waals surface area contributed by atoms with Crippen molar-refractivity contribution >= 4 is 46.7 Å². The van der Waals surface area contributed by atoms with Gasteiger partial charge in [0.15, 0.2) is 0 Å². The van der Waals surface area contributed by atoms with Crippen molar-refractivity contribution in [1.29, 1.82) is 0 Å². The number of nitrogens with zero attached hydrogens (tertiary/aromatic N) is 2. The fourth-order valence-electron chi connectivity index (χ4n) is 5.21. The molecule has 2 aliphatic rings. The predicted molar refractivity (Wildman–Crippen MR) is 151 cm³/mol. The normalized spacial score (nSPS) is 19.5. The van der Waals surface area contributed by atoms with Crippen LogP contribution in [0.3, 0.4) is 0 Å². The lowest BCUT2D eigenvalue weighted by Gasteiger charge is -2.34. The van der Waals surface area contributed by atoms with Gasteiger partial charge in [-0.15, -0.1) is 0 Å². The van der Waals surface area contributed by atoms with E-state index in [1.807, 2.05) is 0 Å². The van der Waals surface area contributed by atoms with E-state index in [-0.39, 0.29) is 53.5 Å². The van der Waals surface area contributed by atoms with Gasteiger partial charge in [0.2, 0.25) is 0 Å². The lowest BCUT2D eigenvalue weighted by Crippen LogP contribution is -2.52. The Hall–Kier alpha value is -3.20. The zero-order valence-corrected chi connectivity index (χ0v) is 24.6. The van der Waals surface area contributed by atoms with E-state index < -0.39 is 43.2 Å². The lowest BCUT2D eigenvalue weighted by molar-refractivity contribution is -0.204. The summed E-state index contributed by atoms with van der Waals surface area (Å²) in [7, 11) is 0. The molecule has 0 spiro atoms. The molecule has 9 nitrogen and oxygen atoms in total. The summed E-state index contributed by atoms with van der Waals surface area (Å²) in [6.07, 6.45) is -8.31. The summed E-state index contributed by atoms with van der Waals surface area (Å²) >= 11 is 12.1. The third-order valence-corrected chi connectivity index (χ3v) is 7.96. The first kappa shape index (κ1) is 33.7. The number of carbonyl (C=O) groups is 3. The van der Waals surface area contributed by atoms with Crippen molar-refractivity contribution in [2.45, 2.75) is 50.2 Å². The van der Waals surface area contributed by atoms with Gasteiger partial charge < -0.3 is 30.3 Å². The number of piperidine rings is 1. The summed E-state index contributed by atoms with van der Waals surface area (Å²) in [6.45, 7) is -0.699. The highest BCUT2D eigenvalue weighted by Crippen LogP contribution is 2.33. The maximum atomic E-state index is 13.1. The first-order chi connectivity index (χ1) is 20.7. The van der Waals surface area contributed by atoms with Crippen LogP contribution in [0.2, 0.25) is 10.0 Å². The second kappa shape index (κ2) is 14.3. The summed E-state index contributed by atoms with van der Waals surface area (Å²) in [4.78, 5) is 40.1. The molecule has 0 aromatic heterocycles. The number of amides is 2. The highest BCUT2D eigenvalue weighted by Gasteiger charge is 2.46. The fraction of sp³-hybridized carbons (Fsp3) is 0.464. The van der Waals surface area contributed by atoms with Crippen LogP contribution < -0.4 is 16.0 Å². The Morgan fingerprint density at radius 1 is 1.05 bits per heavy atom. The Labute approximate surface area is 259 Å². The average molecular weight is 667 g/mol. The largest absolute Gasteiger partial charge is 0.490 e. The number of rotatable bonds is 10. The van der Waals surface area contributed by atoms with Gasteiger partial charge in [-0.1, -0.05) is 23.2 Å². The van der Waals surface area contributed by atoms with Crippen molar-refractivity contribution in [3.05, 3.63) is 63.1 Å². The number of nitrogens with one attached hydrogen (secondary N) is 1. The van der Waals surface area contributed by atoms with Gasteiger partial charge in [0.05, 0.1) is 30.4 Å². The van der Waals surface area contributed by atoms with E-state index in [9.17, 15) is 36.3 Å². The minimum Gasteiger partial charge on any atom is -0.452 e. The third-order valence-electron chi connectivity index (χ3n) is 7.35. The molecule has 3 N–H and O–H groups in total. The van der Waals surface area contributed by atoms with Gasteiger partial charge in [-0.05, 0) is 54.8 Å². The molecular formula is C28H29Cl2F5N4O5. The molecule has 2 atom stereocenters. The zero-order valence-electron chi connectivity index (χ0n) is 23.1. The van der Waals surface area contributed by atoms with Crippen LogP contribution in [0.4, 0.5) is 27.6 Å². The molecule has 0 aliphatic carbocycles. The molecule has 16 heteroatoms. The Bertz CT molecular complexity index is 1360. The molecule has 44 heavy (non-hydrogen) atoms. The summed E-state index contributed by atoms with van der Waals surface area (Å²) in [5, 5.41) is 3.77. The molecule has 2 aromatic rings. The van der Waals surface area contributed by atoms with Crippen LogP contribution >= 0.6 is 23.2 Å². The van der Waals surface area contributed by atoms with Crippen molar-refractivity contribution in [2.24, 2.45) is 5.73 Å². The quantitative estimate of drug-likeness (QED) is 0.285. The molecule has 2 fully saturated rings. The number of primary amides is 1. The molecule has 0 bridgehead atoms. The Kier molecular flexibility index (Phi) is 10.9.